The standard InChI is InChI=1S/C6H14N2S/c1-7-4-6-5-9-3-2-8-6/h6-8H,2-5H2,1H3. The highest BCUT2D eigenvalue weighted by Gasteiger charge is 2.10. The van der Waals surface area contributed by atoms with Crippen molar-refractivity contribution in [2.24, 2.45) is 0 Å². The molecule has 0 bridgehead atoms. The molecule has 54 valence electrons. The van der Waals surface area contributed by atoms with Gasteiger partial charge < -0.3 is 10.6 Å². The molecule has 0 aromatic carbocycles. The van der Waals surface area contributed by atoms with E-state index in [0.29, 0.717) is 6.04 Å². The maximum absolute atomic E-state index is 3.44. The molecule has 0 aliphatic carbocycles. The smallest absolute Gasteiger partial charge is 0.0283 e. The molecule has 9 heavy (non-hydrogen) atoms. The summed E-state index contributed by atoms with van der Waals surface area (Å²) < 4.78 is 0. The number of thioether (sulfide) groups is 1. The van der Waals surface area contributed by atoms with Gasteiger partial charge in [0.05, 0.1) is 0 Å². The largest absolute Gasteiger partial charge is 0.318 e. The summed E-state index contributed by atoms with van der Waals surface area (Å²) in [6.45, 7) is 2.28. The van der Waals surface area contributed by atoms with E-state index in [2.05, 4.69) is 10.6 Å². The van der Waals surface area contributed by atoms with Gasteiger partial charge in [0.25, 0.3) is 0 Å². The lowest BCUT2D eigenvalue weighted by molar-refractivity contribution is 0.538. The zero-order valence-corrected chi connectivity index (χ0v) is 6.63. The predicted octanol–water partition coefficient (Wildman–Crippen LogP) is -0.0892. The van der Waals surface area contributed by atoms with Gasteiger partial charge >= 0.3 is 0 Å². The normalized spacial score (nSPS) is 28.3. The van der Waals surface area contributed by atoms with Crippen LogP contribution in [0.5, 0.6) is 0 Å². The molecule has 0 saturated carbocycles. The Morgan fingerprint density at radius 1 is 1.78 bits per heavy atom. The number of hydrogen-bond donors (Lipinski definition) is 2. The van der Waals surface area contributed by atoms with Gasteiger partial charge in [-0.05, 0) is 7.05 Å². The minimum atomic E-state index is 0.703. The highest BCUT2D eigenvalue weighted by Crippen LogP contribution is 2.05. The molecule has 0 aromatic heterocycles. The van der Waals surface area contributed by atoms with Gasteiger partial charge in [0, 0.05) is 30.6 Å². The molecule has 0 aromatic rings. The molecular formula is C6H14N2S. The molecule has 0 radical (unpaired) electrons. The van der Waals surface area contributed by atoms with E-state index in [9.17, 15) is 0 Å². The van der Waals surface area contributed by atoms with E-state index in [1.807, 2.05) is 18.8 Å². The Labute approximate surface area is 60.8 Å². The Bertz CT molecular complexity index is 68.7. The Kier molecular flexibility index (Phi) is 3.40. The molecule has 1 unspecified atom stereocenters. The summed E-state index contributed by atoms with van der Waals surface area (Å²) >= 11 is 2.04. The van der Waals surface area contributed by atoms with E-state index in [0.717, 1.165) is 6.54 Å². The van der Waals surface area contributed by atoms with Crippen molar-refractivity contribution in [1.82, 2.24) is 10.6 Å². The SMILES string of the molecule is CNCC1CSCCN1. The lowest BCUT2D eigenvalue weighted by atomic mass is 10.3. The molecule has 1 saturated heterocycles. The van der Waals surface area contributed by atoms with Crippen molar-refractivity contribution in [2.75, 3.05) is 31.6 Å². The van der Waals surface area contributed by atoms with Gasteiger partial charge in [-0.1, -0.05) is 0 Å². The van der Waals surface area contributed by atoms with Crippen LogP contribution in [0.2, 0.25) is 0 Å². The molecule has 1 rings (SSSR count). The van der Waals surface area contributed by atoms with E-state index in [1.165, 1.54) is 18.1 Å². The maximum Gasteiger partial charge on any atom is 0.0283 e. The number of hydrogen-bond acceptors (Lipinski definition) is 3. The average molecular weight is 146 g/mol. The van der Waals surface area contributed by atoms with Gasteiger partial charge in [-0.2, -0.15) is 11.8 Å². The van der Waals surface area contributed by atoms with Crippen LogP contribution in [-0.4, -0.2) is 37.7 Å². The molecule has 1 aliphatic rings. The summed E-state index contributed by atoms with van der Waals surface area (Å²) in [5.41, 5.74) is 0. The van der Waals surface area contributed by atoms with E-state index >= 15 is 0 Å². The van der Waals surface area contributed by atoms with Crippen LogP contribution in [0.3, 0.4) is 0 Å². The van der Waals surface area contributed by atoms with E-state index in [4.69, 9.17) is 0 Å². The summed E-state index contributed by atoms with van der Waals surface area (Å²) in [6.07, 6.45) is 0. The number of likely N-dealkylation sites (N-methyl/N-ethyl adjacent to an activating group) is 1. The van der Waals surface area contributed by atoms with Crippen LogP contribution >= 0.6 is 11.8 Å². The van der Waals surface area contributed by atoms with Crippen molar-refractivity contribution in [1.29, 1.82) is 0 Å². The van der Waals surface area contributed by atoms with Crippen molar-refractivity contribution >= 4 is 11.8 Å². The van der Waals surface area contributed by atoms with Crippen molar-refractivity contribution in [2.45, 2.75) is 6.04 Å². The van der Waals surface area contributed by atoms with E-state index in [-0.39, 0.29) is 0 Å². The molecule has 3 heteroatoms. The van der Waals surface area contributed by atoms with Crippen LogP contribution in [0.25, 0.3) is 0 Å². The fraction of sp³-hybridized carbons (Fsp3) is 1.00. The lowest BCUT2D eigenvalue weighted by Gasteiger charge is -2.22. The molecular weight excluding hydrogens is 132 g/mol. The number of nitrogens with one attached hydrogen (secondary N) is 2. The van der Waals surface area contributed by atoms with Crippen molar-refractivity contribution in [3.8, 4) is 0 Å². The summed E-state index contributed by atoms with van der Waals surface area (Å²) in [6, 6.07) is 0.703. The van der Waals surface area contributed by atoms with Gasteiger partial charge in [0.15, 0.2) is 0 Å². The highest BCUT2D eigenvalue weighted by atomic mass is 32.2. The molecule has 1 aliphatic heterocycles. The van der Waals surface area contributed by atoms with Crippen molar-refractivity contribution < 1.29 is 0 Å². The highest BCUT2D eigenvalue weighted by molar-refractivity contribution is 7.99. The monoisotopic (exact) mass is 146 g/mol. The molecule has 2 N–H and O–H groups in total. The van der Waals surface area contributed by atoms with Crippen LogP contribution in [0.15, 0.2) is 0 Å². The molecule has 1 atom stereocenters. The first-order valence-electron chi connectivity index (χ1n) is 3.39. The van der Waals surface area contributed by atoms with Gasteiger partial charge in [-0.25, -0.2) is 0 Å². The first kappa shape index (κ1) is 7.38. The number of rotatable bonds is 2. The van der Waals surface area contributed by atoms with Gasteiger partial charge in [0.2, 0.25) is 0 Å². The van der Waals surface area contributed by atoms with Crippen LogP contribution in [-0.2, 0) is 0 Å². The molecule has 0 spiro atoms. The third-order valence-corrected chi connectivity index (χ3v) is 2.58. The summed E-state index contributed by atoms with van der Waals surface area (Å²) in [5.74, 6) is 2.54. The second-order valence-corrected chi connectivity index (χ2v) is 3.43. The zero-order valence-electron chi connectivity index (χ0n) is 5.81. The fourth-order valence-electron chi connectivity index (χ4n) is 0.997. The Morgan fingerprint density at radius 3 is 3.22 bits per heavy atom. The third-order valence-electron chi connectivity index (χ3n) is 1.45. The minimum absolute atomic E-state index is 0.703. The fourth-order valence-corrected chi connectivity index (χ4v) is 1.95. The van der Waals surface area contributed by atoms with Crippen LogP contribution in [0.4, 0.5) is 0 Å². The molecule has 1 heterocycles. The topological polar surface area (TPSA) is 24.1 Å². The zero-order chi connectivity index (χ0) is 6.53. The quantitative estimate of drug-likeness (QED) is 0.569. The van der Waals surface area contributed by atoms with Gasteiger partial charge in [-0.15, -0.1) is 0 Å². The lowest BCUT2D eigenvalue weighted by Crippen LogP contribution is -2.43. The summed E-state index contributed by atoms with van der Waals surface area (Å²) in [5, 5.41) is 6.60. The first-order chi connectivity index (χ1) is 4.43. The predicted molar refractivity (Wildman–Crippen MR) is 43.0 cm³/mol. The minimum Gasteiger partial charge on any atom is -0.318 e. The van der Waals surface area contributed by atoms with Crippen molar-refractivity contribution in [3.05, 3.63) is 0 Å². The van der Waals surface area contributed by atoms with Crippen LogP contribution in [0, 0.1) is 0 Å². The second-order valence-electron chi connectivity index (χ2n) is 2.28. The Balaban J connectivity index is 2.08. The molecule has 0 amide bonds. The van der Waals surface area contributed by atoms with Crippen LogP contribution < -0.4 is 10.6 Å². The first-order valence-corrected chi connectivity index (χ1v) is 4.54. The Morgan fingerprint density at radius 2 is 2.67 bits per heavy atom. The van der Waals surface area contributed by atoms with Crippen LogP contribution in [0.1, 0.15) is 0 Å². The molecule has 2 nitrogen and oxygen atoms in total. The Hall–Kier alpha value is 0.270. The summed E-state index contributed by atoms with van der Waals surface area (Å²) in [7, 11) is 2.00. The van der Waals surface area contributed by atoms with E-state index < -0.39 is 0 Å². The maximum atomic E-state index is 3.44. The van der Waals surface area contributed by atoms with Crippen molar-refractivity contribution in [3.63, 3.8) is 0 Å². The third kappa shape index (κ3) is 2.56. The second kappa shape index (κ2) is 4.14. The van der Waals surface area contributed by atoms with Gasteiger partial charge in [-0.3, -0.25) is 0 Å². The molecule has 1 fully saturated rings. The summed E-state index contributed by atoms with van der Waals surface area (Å²) in [4.78, 5) is 0. The van der Waals surface area contributed by atoms with Gasteiger partial charge in [0.1, 0.15) is 0 Å². The average Bonchev–Trinajstić information content (AvgIpc) is 1.91. The van der Waals surface area contributed by atoms with E-state index in [1.54, 1.807) is 0 Å².